The van der Waals surface area contributed by atoms with E-state index in [4.69, 9.17) is 5.73 Å². The van der Waals surface area contributed by atoms with Crippen molar-refractivity contribution in [2.45, 2.75) is 25.1 Å². The number of para-hydroxylation sites is 1. The number of nitrogens with zero attached hydrogens (tertiary/aromatic N) is 2. The maximum absolute atomic E-state index is 13.9. The first kappa shape index (κ1) is 28.5. The number of aliphatic hydroxyl groups is 1. The number of rotatable bonds is 6. The molecule has 2 atom stereocenters. The van der Waals surface area contributed by atoms with Gasteiger partial charge in [-0.15, -0.1) is 0 Å². The predicted molar refractivity (Wildman–Crippen MR) is 141 cm³/mol. The van der Waals surface area contributed by atoms with Crippen LogP contribution < -0.4 is 11.1 Å². The molecule has 3 aromatic carbocycles. The van der Waals surface area contributed by atoms with E-state index < -0.39 is 47.9 Å². The average molecular weight is 555 g/mol. The van der Waals surface area contributed by atoms with Crippen molar-refractivity contribution in [2.24, 2.45) is 10.7 Å². The fourth-order valence-electron chi connectivity index (χ4n) is 4.58. The second kappa shape index (κ2) is 11.7. The van der Waals surface area contributed by atoms with Crippen LogP contribution in [0, 0.1) is 5.82 Å². The van der Waals surface area contributed by atoms with E-state index in [0.29, 0.717) is 17.3 Å². The van der Waals surface area contributed by atoms with Crippen LogP contribution >= 0.6 is 0 Å². The van der Waals surface area contributed by atoms with Gasteiger partial charge in [-0.05, 0) is 55.0 Å². The third-order valence-corrected chi connectivity index (χ3v) is 6.46. The Morgan fingerprint density at radius 3 is 2.33 bits per heavy atom. The van der Waals surface area contributed by atoms with Gasteiger partial charge in [0.05, 0.1) is 17.9 Å². The molecule has 11 heteroatoms. The Hall–Kier alpha value is -4.51. The summed E-state index contributed by atoms with van der Waals surface area (Å²) in [5, 5.41) is 12.6. The number of likely N-dealkylation sites (tertiary alicyclic amines) is 1. The summed E-state index contributed by atoms with van der Waals surface area (Å²) in [5.74, 6) is -3.02. The lowest BCUT2D eigenvalue weighted by Gasteiger charge is -2.41. The standard InChI is InChI=1S/C29H26F4N4O3/c1-2-37-26(35-21-9-4-3-5-10-21)24(22(34)16-38)23(17-11-13-20(30)14-12-17)25(28(37)40)36-27(39)18-7-6-8-19(15-18)29(31,32)33/h3-15,23,25,38H,2,16,34H2,1H3,(H,36,39)/b24-22-,35-26?/t23-,25-/m0/s1. The van der Waals surface area contributed by atoms with Gasteiger partial charge in [-0.1, -0.05) is 36.4 Å². The van der Waals surface area contributed by atoms with Crippen LogP contribution in [0.25, 0.3) is 0 Å². The lowest BCUT2D eigenvalue weighted by molar-refractivity contribution is -0.137. The third kappa shape index (κ3) is 5.89. The van der Waals surface area contributed by atoms with E-state index >= 15 is 0 Å². The smallest absolute Gasteiger partial charge is 0.400 e. The molecule has 0 aromatic heterocycles. The average Bonchev–Trinajstić information content (AvgIpc) is 2.94. The Bertz CT molecular complexity index is 1450. The molecule has 208 valence electrons. The lowest BCUT2D eigenvalue weighted by atomic mass is 9.78. The summed E-state index contributed by atoms with van der Waals surface area (Å²) in [7, 11) is 0. The zero-order valence-corrected chi connectivity index (χ0v) is 21.3. The van der Waals surface area contributed by atoms with E-state index in [2.05, 4.69) is 10.3 Å². The number of halogens is 4. The monoisotopic (exact) mass is 554 g/mol. The first-order chi connectivity index (χ1) is 19.0. The molecule has 4 N–H and O–H groups in total. The number of amidine groups is 1. The Morgan fingerprint density at radius 1 is 1.05 bits per heavy atom. The zero-order valence-electron chi connectivity index (χ0n) is 21.3. The number of carbonyl (C=O) groups is 2. The van der Waals surface area contributed by atoms with Gasteiger partial charge < -0.3 is 16.2 Å². The molecule has 1 aliphatic rings. The number of benzene rings is 3. The predicted octanol–water partition coefficient (Wildman–Crippen LogP) is 4.52. The molecule has 0 bridgehead atoms. The number of nitrogens with one attached hydrogen (secondary N) is 1. The highest BCUT2D eigenvalue weighted by Crippen LogP contribution is 2.38. The van der Waals surface area contributed by atoms with Gasteiger partial charge in [0.25, 0.3) is 11.8 Å². The van der Waals surface area contributed by atoms with Gasteiger partial charge in [-0.3, -0.25) is 14.5 Å². The minimum Gasteiger partial charge on any atom is -0.400 e. The number of amides is 2. The van der Waals surface area contributed by atoms with Gasteiger partial charge in [0.2, 0.25) is 0 Å². The third-order valence-electron chi connectivity index (χ3n) is 6.46. The summed E-state index contributed by atoms with van der Waals surface area (Å²) in [5.41, 5.74) is 5.96. The molecular weight excluding hydrogens is 528 g/mol. The van der Waals surface area contributed by atoms with Gasteiger partial charge in [0.15, 0.2) is 0 Å². The first-order valence-corrected chi connectivity index (χ1v) is 12.3. The molecule has 0 spiro atoms. The quantitative estimate of drug-likeness (QED) is 0.390. The first-order valence-electron chi connectivity index (χ1n) is 12.3. The molecule has 1 heterocycles. The second-order valence-electron chi connectivity index (χ2n) is 9.01. The molecule has 4 rings (SSSR count). The summed E-state index contributed by atoms with van der Waals surface area (Å²) in [6.45, 7) is 1.15. The van der Waals surface area contributed by atoms with E-state index in [1.807, 2.05) is 0 Å². The fourth-order valence-corrected chi connectivity index (χ4v) is 4.58. The van der Waals surface area contributed by atoms with E-state index in [1.165, 1.54) is 35.2 Å². The molecule has 0 saturated carbocycles. The Balaban J connectivity index is 1.88. The highest BCUT2D eigenvalue weighted by atomic mass is 19.4. The van der Waals surface area contributed by atoms with Crippen molar-refractivity contribution >= 4 is 23.3 Å². The Labute approximate surface area is 227 Å². The highest BCUT2D eigenvalue weighted by molar-refractivity contribution is 6.15. The summed E-state index contributed by atoms with van der Waals surface area (Å²) >= 11 is 0. The summed E-state index contributed by atoms with van der Waals surface area (Å²) in [6.07, 6.45) is -4.68. The summed E-state index contributed by atoms with van der Waals surface area (Å²) in [6, 6.07) is 16.3. The maximum Gasteiger partial charge on any atom is 0.416 e. The lowest BCUT2D eigenvalue weighted by Crippen LogP contribution is -2.59. The van der Waals surface area contributed by atoms with Crippen LogP contribution in [-0.4, -0.2) is 46.8 Å². The highest BCUT2D eigenvalue weighted by Gasteiger charge is 2.46. The van der Waals surface area contributed by atoms with E-state index in [0.717, 1.165) is 12.1 Å². The molecule has 3 aromatic rings. The SMILES string of the molecule is CCN1C(=O)[C@@H](NC(=O)c2cccc(C(F)(F)F)c2)[C@@H](c2ccc(F)cc2)/C(=C(/N)CO)C1=Nc1ccccc1. The van der Waals surface area contributed by atoms with Gasteiger partial charge >= 0.3 is 6.18 Å². The van der Waals surface area contributed by atoms with Crippen LogP contribution in [0.2, 0.25) is 0 Å². The minimum atomic E-state index is -4.68. The van der Waals surface area contributed by atoms with E-state index in [-0.39, 0.29) is 29.2 Å². The largest absolute Gasteiger partial charge is 0.416 e. The van der Waals surface area contributed by atoms with Crippen molar-refractivity contribution in [3.8, 4) is 0 Å². The number of alkyl halides is 3. The molecule has 40 heavy (non-hydrogen) atoms. The number of aliphatic imine (C=N–C) groups is 1. The number of hydrogen-bond acceptors (Lipinski definition) is 5. The summed E-state index contributed by atoms with van der Waals surface area (Å²) < 4.78 is 53.7. The van der Waals surface area contributed by atoms with Gasteiger partial charge in [-0.2, -0.15) is 13.2 Å². The number of nitrogens with two attached hydrogens (primary N) is 1. The van der Waals surface area contributed by atoms with Crippen molar-refractivity contribution in [3.05, 3.63) is 113 Å². The number of hydrogen-bond donors (Lipinski definition) is 3. The van der Waals surface area contributed by atoms with Crippen LogP contribution in [0.5, 0.6) is 0 Å². The molecule has 1 saturated heterocycles. The maximum atomic E-state index is 13.9. The van der Waals surface area contributed by atoms with Crippen molar-refractivity contribution < 1.29 is 32.3 Å². The van der Waals surface area contributed by atoms with Crippen LogP contribution in [-0.2, 0) is 11.0 Å². The molecule has 1 aliphatic heterocycles. The topological polar surface area (TPSA) is 108 Å². The summed E-state index contributed by atoms with van der Waals surface area (Å²) in [4.78, 5) is 33.1. The van der Waals surface area contributed by atoms with E-state index in [1.54, 1.807) is 37.3 Å². The Kier molecular flexibility index (Phi) is 8.34. The van der Waals surface area contributed by atoms with Crippen molar-refractivity contribution in [1.82, 2.24) is 10.2 Å². The van der Waals surface area contributed by atoms with Gasteiger partial charge in [-0.25, -0.2) is 9.38 Å². The van der Waals surface area contributed by atoms with E-state index in [9.17, 15) is 32.3 Å². The van der Waals surface area contributed by atoms with Crippen molar-refractivity contribution in [3.63, 3.8) is 0 Å². The molecular formula is C29H26F4N4O3. The van der Waals surface area contributed by atoms with Crippen LogP contribution in [0.4, 0.5) is 23.2 Å². The number of likely N-dealkylation sites (N-methyl/N-ethyl adjacent to an activating group) is 1. The minimum absolute atomic E-state index is 0.0479. The number of carbonyl (C=O) groups excluding carboxylic acids is 2. The molecule has 0 radical (unpaired) electrons. The molecule has 2 amide bonds. The van der Waals surface area contributed by atoms with Gasteiger partial charge in [0.1, 0.15) is 17.7 Å². The van der Waals surface area contributed by atoms with Crippen molar-refractivity contribution in [1.29, 1.82) is 0 Å². The molecule has 1 fully saturated rings. The normalized spacial score (nSPS) is 20.0. The molecule has 0 unspecified atom stereocenters. The molecule has 0 aliphatic carbocycles. The van der Waals surface area contributed by atoms with Crippen LogP contribution in [0.15, 0.2) is 95.1 Å². The fraction of sp³-hybridized carbons (Fsp3) is 0.207. The van der Waals surface area contributed by atoms with Crippen molar-refractivity contribution in [2.75, 3.05) is 13.2 Å². The second-order valence-corrected chi connectivity index (χ2v) is 9.01. The van der Waals surface area contributed by atoms with Crippen LogP contribution in [0.3, 0.4) is 0 Å². The Morgan fingerprint density at radius 2 is 1.73 bits per heavy atom. The zero-order chi connectivity index (χ0) is 29.0. The van der Waals surface area contributed by atoms with Crippen LogP contribution in [0.1, 0.15) is 34.3 Å². The van der Waals surface area contributed by atoms with Gasteiger partial charge in [0, 0.05) is 29.3 Å². The number of piperidine rings is 1. The number of aliphatic hydroxyl groups excluding tert-OH is 1. The molecule has 7 nitrogen and oxygen atoms in total.